The van der Waals surface area contributed by atoms with Crippen molar-refractivity contribution in [3.8, 4) is 11.8 Å². The second-order valence-corrected chi connectivity index (χ2v) is 5.38. The largest absolute Gasteiger partial charge is 0.454 e. The summed E-state index contributed by atoms with van der Waals surface area (Å²) in [5.41, 5.74) is 0.990. The van der Waals surface area contributed by atoms with Crippen LogP contribution >= 0.6 is 0 Å². The van der Waals surface area contributed by atoms with Crippen LogP contribution in [-0.4, -0.2) is 6.79 Å². The summed E-state index contributed by atoms with van der Waals surface area (Å²) in [5.74, 6) is 8.37. The molecule has 0 N–H and O–H groups in total. The first kappa shape index (κ1) is 11.9. The van der Waals surface area contributed by atoms with Crippen molar-refractivity contribution < 1.29 is 9.47 Å². The van der Waals surface area contributed by atoms with Gasteiger partial charge >= 0.3 is 0 Å². The van der Waals surface area contributed by atoms with Gasteiger partial charge in [0.2, 0.25) is 6.79 Å². The molecule has 0 bridgehead atoms. The third kappa shape index (κ3) is 2.37. The van der Waals surface area contributed by atoms with Gasteiger partial charge in [-0.1, -0.05) is 43.9 Å². The van der Waals surface area contributed by atoms with Crippen LogP contribution in [0.5, 0.6) is 0 Å². The average Bonchev–Trinajstić information content (AvgIpc) is 2.82. The maximum absolute atomic E-state index is 5.44. The molecule has 1 saturated heterocycles. The van der Waals surface area contributed by atoms with Gasteiger partial charge in [-0.3, -0.25) is 0 Å². The minimum atomic E-state index is -0.0473. The Bertz CT molecular complexity index is 597. The summed E-state index contributed by atoms with van der Waals surface area (Å²) in [4.78, 5) is 0. The molecule has 1 fully saturated rings. The van der Waals surface area contributed by atoms with Crippen molar-refractivity contribution in [1.82, 2.24) is 0 Å². The molecule has 1 unspecified atom stereocenters. The highest BCUT2D eigenvalue weighted by Crippen LogP contribution is 2.39. The summed E-state index contributed by atoms with van der Waals surface area (Å²) < 4.78 is 10.9. The molecule has 0 spiro atoms. The molecule has 2 heteroatoms. The number of ether oxygens (including phenoxy) is 2. The maximum Gasteiger partial charge on any atom is 0.231 e. The second kappa shape index (κ2) is 4.51. The van der Waals surface area contributed by atoms with Crippen LogP contribution in [0.4, 0.5) is 0 Å². The number of hydrogen-bond donors (Lipinski definition) is 0. The van der Waals surface area contributed by atoms with Crippen LogP contribution in [0.3, 0.4) is 0 Å². The average molecular weight is 252 g/mol. The van der Waals surface area contributed by atoms with Gasteiger partial charge in [-0.2, -0.15) is 0 Å². The Hall–Kier alpha value is -2.14. The third-order valence-corrected chi connectivity index (χ3v) is 3.44. The van der Waals surface area contributed by atoms with Gasteiger partial charge in [0.25, 0.3) is 0 Å². The highest BCUT2D eigenvalue weighted by Gasteiger charge is 2.34. The summed E-state index contributed by atoms with van der Waals surface area (Å²) in [6.07, 6.45) is 4.18. The summed E-state index contributed by atoms with van der Waals surface area (Å²) in [7, 11) is 0. The van der Waals surface area contributed by atoms with Gasteiger partial charge < -0.3 is 9.47 Å². The molecule has 2 nitrogen and oxygen atoms in total. The number of allylic oxidation sites excluding steroid dienone is 2. The van der Waals surface area contributed by atoms with Crippen molar-refractivity contribution in [1.29, 1.82) is 0 Å². The maximum atomic E-state index is 5.44. The number of hydrogen-bond acceptors (Lipinski definition) is 2. The normalized spacial score (nSPS) is 22.9. The lowest BCUT2D eigenvalue weighted by Gasteiger charge is -2.28. The Kier molecular flexibility index (Phi) is 2.83. The summed E-state index contributed by atoms with van der Waals surface area (Å²) in [6, 6.07) is 10.0. The first-order valence-corrected chi connectivity index (χ1v) is 6.42. The molecular formula is C17H16O2. The van der Waals surface area contributed by atoms with Crippen molar-refractivity contribution in [2.75, 3.05) is 6.79 Å². The molecule has 0 amide bonds. The van der Waals surface area contributed by atoms with E-state index in [9.17, 15) is 0 Å². The highest BCUT2D eigenvalue weighted by molar-refractivity contribution is 5.39. The molecule has 96 valence electrons. The van der Waals surface area contributed by atoms with Crippen LogP contribution < -0.4 is 0 Å². The zero-order valence-electron chi connectivity index (χ0n) is 11.1. The first-order valence-electron chi connectivity index (χ1n) is 6.42. The van der Waals surface area contributed by atoms with Gasteiger partial charge in [0.1, 0.15) is 0 Å². The molecule has 1 aliphatic carbocycles. The molecule has 19 heavy (non-hydrogen) atoms. The molecule has 1 aliphatic heterocycles. The molecule has 2 aliphatic rings. The van der Waals surface area contributed by atoms with Gasteiger partial charge in [-0.25, -0.2) is 0 Å². The van der Waals surface area contributed by atoms with E-state index < -0.39 is 0 Å². The topological polar surface area (TPSA) is 18.5 Å². The van der Waals surface area contributed by atoms with E-state index in [1.165, 1.54) is 0 Å². The van der Waals surface area contributed by atoms with E-state index in [0.717, 1.165) is 17.1 Å². The van der Waals surface area contributed by atoms with Gasteiger partial charge in [0.05, 0.1) is 5.92 Å². The van der Waals surface area contributed by atoms with Crippen LogP contribution in [0.15, 0.2) is 54.0 Å². The first-order chi connectivity index (χ1) is 9.15. The third-order valence-electron chi connectivity index (χ3n) is 3.44. The van der Waals surface area contributed by atoms with Crippen LogP contribution in [0.2, 0.25) is 0 Å². The Morgan fingerprint density at radius 2 is 1.84 bits per heavy atom. The molecule has 0 saturated carbocycles. The molecule has 3 rings (SSSR count). The Balaban J connectivity index is 1.90. The fourth-order valence-corrected chi connectivity index (χ4v) is 2.25. The molecule has 1 atom stereocenters. The fourth-order valence-electron chi connectivity index (χ4n) is 2.25. The fraction of sp³-hybridized carbons (Fsp3) is 0.294. The number of rotatable bonds is 0. The SMILES string of the molecule is CC1(C)C=C2OCOC2=CC1C#Cc1ccccc1. The van der Waals surface area contributed by atoms with Crippen LogP contribution in [-0.2, 0) is 9.47 Å². The molecular weight excluding hydrogens is 236 g/mol. The van der Waals surface area contributed by atoms with Crippen molar-refractivity contribution in [2.45, 2.75) is 13.8 Å². The minimum Gasteiger partial charge on any atom is -0.454 e. The van der Waals surface area contributed by atoms with Crippen molar-refractivity contribution in [3.05, 3.63) is 59.6 Å². The van der Waals surface area contributed by atoms with E-state index >= 15 is 0 Å². The number of benzene rings is 1. The molecule has 1 heterocycles. The summed E-state index contributed by atoms with van der Waals surface area (Å²) in [6.45, 7) is 4.64. The van der Waals surface area contributed by atoms with Gasteiger partial charge in [-0.15, -0.1) is 0 Å². The minimum absolute atomic E-state index is 0.0473. The van der Waals surface area contributed by atoms with Crippen LogP contribution in [0.1, 0.15) is 19.4 Å². The second-order valence-electron chi connectivity index (χ2n) is 5.38. The molecule has 1 aromatic rings. The Morgan fingerprint density at radius 1 is 1.11 bits per heavy atom. The van der Waals surface area contributed by atoms with Crippen molar-refractivity contribution >= 4 is 0 Å². The van der Waals surface area contributed by atoms with Crippen molar-refractivity contribution in [2.24, 2.45) is 11.3 Å². The molecule has 0 aromatic heterocycles. The van der Waals surface area contributed by atoms with E-state index in [0.29, 0.717) is 6.79 Å². The smallest absolute Gasteiger partial charge is 0.231 e. The van der Waals surface area contributed by atoms with E-state index in [1.807, 2.05) is 30.3 Å². The highest BCUT2D eigenvalue weighted by atomic mass is 16.7. The molecule has 0 radical (unpaired) electrons. The van der Waals surface area contributed by atoms with Gasteiger partial charge in [0.15, 0.2) is 11.5 Å². The van der Waals surface area contributed by atoms with E-state index in [4.69, 9.17) is 9.47 Å². The zero-order valence-corrected chi connectivity index (χ0v) is 11.1. The van der Waals surface area contributed by atoms with E-state index in [1.54, 1.807) is 0 Å². The zero-order chi connectivity index (χ0) is 13.3. The summed E-state index contributed by atoms with van der Waals surface area (Å²) in [5, 5.41) is 0. The number of fused-ring (bicyclic) bond motifs is 1. The Labute approximate surface area is 113 Å². The Morgan fingerprint density at radius 3 is 2.63 bits per heavy atom. The standard InChI is InChI=1S/C17H16O2/c1-17(2)11-16-15(18-12-19-16)10-14(17)9-8-13-6-4-3-5-7-13/h3-7,10-11,14H,12H2,1-2H3. The van der Waals surface area contributed by atoms with Crippen LogP contribution in [0, 0.1) is 23.2 Å². The van der Waals surface area contributed by atoms with Crippen molar-refractivity contribution in [3.63, 3.8) is 0 Å². The summed E-state index contributed by atoms with van der Waals surface area (Å²) >= 11 is 0. The quantitative estimate of drug-likeness (QED) is 0.658. The lowest BCUT2D eigenvalue weighted by molar-refractivity contribution is 0.0976. The molecule has 1 aromatic carbocycles. The monoisotopic (exact) mass is 252 g/mol. The van der Waals surface area contributed by atoms with Gasteiger partial charge in [-0.05, 0) is 24.3 Å². The predicted octanol–water partition coefficient (Wildman–Crippen LogP) is 3.47. The van der Waals surface area contributed by atoms with E-state index in [-0.39, 0.29) is 11.3 Å². The predicted molar refractivity (Wildman–Crippen MR) is 73.8 cm³/mol. The lowest BCUT2D eigenvalue weighted by Crippen LogP contribution is -2.23. The van der Waals surface area contributed by atoms with Crippen LogP contribution in [0.25, 0.3) is 0 Å². The lowest BCUT2D eigenvalue weighted by atomic mass is 9.75. The van der Waals surface area contributed by atoms with Gasteiger partial charge in [0, 0.05) is 11.0 Å². The van der Waals surface area contributed by atoms with E-state index in [2.05, 4.69) is 37.8 Å².